The standard InChI is InChI=1S/C9H13N3O6S/c1-12(4-3-7(13)18-2)19(16,17)8-6(9(14)15)5-10-11-8/h5H,3-4H2,1-2H3,(H,10,11)(H,14,15). The van der Waals surface area contributed by atoms with E-state index >= 15 is 0 Å². The van der Waals surface area contributed by atoms with Gasteiger partial charge in [0.25, 0.3) is 10.0 Å². The number of ether oxygens (including phenoxy) is 1. The van der Waals surface area contributed by atoms with Gasteiger partial charge in [-0.05, 0) is 0 Å². The number of carboxylic acids is 1. The van der Waals surface area contributed by atoms with Crippen molar-refractivity contribution < 1.29 is 27.9 Å². The molecule has 0 aliphatic rings. The van der Waals surface area contributed by atoms with Crippen LogP contribution in [-0.2, 0) is 19.6 Å². The molecule has 0 atom stereocenters. The number of carbonyl (C=O) groups is 2. The highest BCUT2D eigenvalue weighted by Gasteiger charge is 2.28. The SMILES string of the molecule is COC(=O)CCN(C)S(=O)(=O)c1[nH]ncc1C(=O)O. The molecule has 0 saturated heterocycles. The molecule has 106 valence electrons. The zero-order valence-corrected chi connectivity index (χ0v) is 11.1. The second-order valence-electron chi connectivity index (χ2n) is 3.57. The average molecular weight is 291 g/mol. The predicted octanol–water partition coefficient (Wildman–Crippen LogP) is -0.708. The Hall–Kier alpha value is -1.94. The van der Waals surface area contributed by atoms with E-state index in [0.717, 1.165) is 10.5 Å². The molecule has 19 heavy (non-hydrogen) atoms. The summed E-state index contributed by atoms with van der Waals surface area (Å²) < 4.78 is 29.4. The largest absolute Gasteiger partial charge is 0.478 e. The Morgan fingerprint density at radius 1 is 1.53 bits per heavy atom. The summed E-state index contributed by atoms with van der Waals surface area (Å²) in [6.45, 7) is -0.132. The third-order valence-corrected chi connectivity index (χ3v) is 4.19. The zero-order chi connectivity index (χ0) is 14.6. The van der Waals surface area contributed by atoms with E-state index in [1.165, 1.54) is 14.2 Å². The Balaban J connectivity index is 2.94. The monoisotopic (exact) mass is 291 g/mol. The van der Waals surface area contributed by atoms with Gasteiger partial charge >= 0.3 is 11.9 Å². The van der Waals surface area contributed by atoms with E-state index in [9.17, 15) is 18.0 Å². The van der Waals surface area contributed by atoms with Gasteiger partial charge in [-0.25, -0.2) is 13.2 Å². The molecule has 0 radical (unpaired) electrons. The minimum atomic E-state index is -4.05. The van der Waals surface area contributed by atoms with E-state index in [1.54, 1.807) is 0 Å². The normalized spacial score (nSPS) is 11.5. The van der Waals surface area contributed by atoms with Crippen LogP contribution in [0.3, 0.4) is 0 Å². The summed E-state index contributed by atoms with van der Waals surface area (Å²) in [4.78, 5) is 21.8. The summed E-state index contributed by atoms with van der Waals surface area (Å²) >= 11 is 0. The molecule has 0 unspecified atom stereocenters. The van der Waals surface area contributed by atoms with Crippen LogP contribution in [0.5, 0.6) is 0 Å². The first kappa shape index (κ1) is 15.1. The van der Waals surface area contributed by atoms with Crippen LogP contribution in [0.1, 0.15) is 16.8 Å². The van der Waals surface area contributed by atoms with Gasteiger partial charge < -0.3 is 9.84 Å². The van der Waals surface area contributed by atoms with Crippen LogP contribution >= 0.6 is 0 Å². The van der Waals surface area contributed by atoms with E-state index in [4.69, 9.17) is 5.11 Å². The molecule has 0 saturated carbocycles. The number of aromatic carboxylic acids is 1. The highest BCUT2D eigenvalue weighted by molar-refractivity contribution is 7.89. The predicted molar refractivity (Wildman–Crippen MR) is 62.0 cm³/mol. The molecular weight excluding hydrogens is 278 g/mol. The number of methoxy groups -OCH3 is 1. The van der Waals surface area contributed by atoms with Gasteiger partial charge in [-0.1, -0.05) is 0 Å². The summed E-state index contributed by atoms with van der Waals surface area (Å²) in [5, 5.41) is 13.9. The summed E-state index contributed by atoms with van der Waals surface area (Å²) in [6, 6.07) is 0. The molecule has 9 nitrogen and oxygen atoms in total. The first-order valence-electron chi connectivity index (χ1n) is 5.10. The van der Waals surface area contributed by atoms with Crippen molar-refractivity contribution in [3.05, 3.63) is 11.8 Å². The molecule has 2 N–H and O–H groups in total. The molecule has 0 bridgehead atoms. The third kappa shape index (κ3) is 3.29. The van der Waals surface area contributed by atoms with Crippen LogP contribution in [0.4, 0.5) is 0 Å². The van der Waals surface area contributed by atoms with Crippen LogP contribution in [0.2, 0.25) is 0 Å². The van der Waals surface area contributed by atoms with E-state index in [0.29, 0.717) is 0 Å². The molecule has 0 fully saturated rings. The fraction of sp³-hybridized carbons (Fsp3) is 0.444. The first-order valence-corrected chi connectivity index (χ1v) is 6.54. The maximum absolute atomic E-state index is 12.1. The summed E-state index contributed by atoms with van der Waals surface area (Å²) in [6.07, 6.45) is 0.770. The summed E-state index contributed by atoms with van der Waals surface area (Å²) in [7, 11) is -1.63. The van der Waals surface area contributed by atoms with Gasteiger partial charge in [-0.3, -0.25) is 9.89 Å². The molecule has 0 aromatic carbocycles. The lowest BCUT2D eigenvalue weighted by atomic mass is 10.4. The summed E-state index contributed by atoms with van der Waals surface area (Å²) in [5.74, 6) is -1.97. The maximum Gasteiger partial charge on any atom is 0.340 e. The smallest absolute Gasteiger partial charge is 0.340 e. The Morgan fingerprint density at radius 2 is 2.16 bits per heavy atom. The minimum Gasteiger partial charge on any atom is -0.478 e. The Morgan fingerprint density at radius 3 is 2.68 bits per heavy atom. The lowest BCUT2D eigenvalue weighted by molar-refractivity contribution is -0.140. The molecule has 10 heteroatoms. The molecule has 0 amide bonds. The lowest BCUT2D eigenvalue weighted by Gasteiger charge is -2.15. The van der Waals surface area contributed by atoms with E-state index in [2.05, 4.69) is 14.9 Å². The van der Waals surface area contributed by atoms with Crippen molar-refractivity contribution in [2.75, 3.05) is 20.7 Å². The molecule has 1 rings (SSSR count). The zero-order valence-electron chi connectivity index (χ0n) is 10.3. The quantitative estimate of drug-likeness (QED) is 0.662. The number of nitrogens with zero attached hydrogens (tertiary/aromatic N) is 2. The molecular formula is C9H13N3O6S. The molecule has 0 aliphatic heterocycles. The second kappa shape index (κ2) is 5.80. The number of rotatable bonds is 6. The maximum atomic E-state index is 12.1. The third-order valence-electron chi connectivity index (χ3n) is 2.36. The van der Waals surface area contributed by atoms with Crippen molar-refractivity contribution in [2.24, 2.45) is 0 Å². The van der Waals surface area contributed by atoms with Gasteiger partial charge in [0.15, 0.2) is 5.03 Å². The Bertz CT molecular complexity index is 579. The van der Waals surface area contributed by atoms with Crippen molar-refractivity contribution in [3.8, 4) is 0 Å². The van der Waals surface area contributed by atoms with Gasteiger partial charge in [0.2, 0.25) is 0 Å². The number of hydrogen-bond donors (Lipinski definition) is 2. The average Bonchev–Trinajstić information content (AvgIpc) is 2.85. The number of carbonyl (C=O) groups excluding carboxylic acids is 1. The molecule has 1 aromatic heterocycles. The van der Waals surface area contributed by atoms with Gasteiger partial charge in [-0.2, -0.15) is 9.40 Å². The van der Waals surface area contributed by atoms with E-state index < -0.39 is 32.6 Å². The van der Waals surface area contributed by atoms with Crippen LogP contribution in [0.15, 0.2) is 11.2 Å². The Kier molecular flexibility index (Phi) is 4.62. The van der Waals surface area contributed by atoms with Gasteiger partial charge in [0.1, 0.15) is 5.56 Å². The lowest BCUT2D eigenvalue weighted by Crippen LogP contribution is -2.30. The van der Waals surface area contributed by atoms with E-state index in [1.807, 2.05) is 0 Å². The van der Waals surface area contributed by atoms with Gasteiger partial charge in [-0.15, -0.1) is 0 Å². The van der Waals surface area contributed by atoms with Crippen molar-refractivity contribution in [1.29, 1.82) is 0 Å². The molecule has 0 spiro atoms. The van der Waals surface area contributed by atoms with Crippen molar-refractivity contribution in [1.82, 2.24) is 14.5 Å². The van der Waals surface area contributed by atoms with Crippen molar-refractivity contribution in [2.45, 2.75) is 11.4 Å². The van der Waals surface area contributed by atoms with Gasteiger partial charge in [0.05, 0.1) is 19.7 Å². The summed E-state index contributed by atoms with van der Waals surface area (Å²) in [5.41, 5.74) is -0.454. The topological polar surface area (TPSA) is 130 Å². The molecule has 0 aliphatic carbocycles. The highest BCUT2D eigenvalue weighted by Crippen LogP contribution is 2.16. The van der Waals surface area contributed by atoms with Crippen molar-refractivity contribution in [3.63, 3.8) is 0 Å². The highest BCUT2D eigenvalue weighted by atomic mass is 32.2. The number of carboxylic acid groups (broad SMARTS) is 1. The van der Waals surface area contributed by atoms with E-state index in [-0.39, 0.29) is 13.0 Å². The number of sulfonamides is 1. The number of aromatic nitrogens is 2. The van der Waals surface area contributed by atoms with Crippen LogP contribution < -0.4 is 0 Å². The molecule has 1 heterocycles. The molecule has 1 aromatic rings. The minimum absolute atomic E-state index is 0.132. The number of nitrogens with one attached hydrogen (secondary N) is 1. The number of esters is 1. The van der Waals surface area contributed by atoms with Crippen LogP contribution in [0, 0.1) is 0 Å². The second-order valence-corrected chi connectivity index (χ2v) is 5.55. The van der Waals surface area contributed by atoms with Crippen molar-refractivity contribution >= 4 is 22.0 Å². The number of hydrogen-bond acceptors (Lipinski definition) is 6. The fourth-order valence-electron chi connectivity index (χ4n) is 1.25. The number of aromatic amines is 1. The van der Waals surface area contributed by atoms with Crippen LogP contribution in [0.25, 0.3) is 0 Å². The fourth-order valence-corrected chi connectivity index (χ4v) is 2.48. The first-order chi connectivity index (χ1) is 8.80. The van der Waals surface area contributed by atoms with Crippen LogP contribution in [-0.4, -0.2) is 60.7 Å². The van der Waals surface area contributed by atoms with Gasteiger partial charge in [0, 0.05) is 13.6 Å². The Labute approximate surface area is 109 Å². The number of H-pyrrole nitrogens is 1.